The highest BCUT2D eigenvalue weighted by atomic mass is 16.5. The number of aldehydes is 1. The molecule has 1 rings (SSSR count). The van der Waals surface area contributed by atoms with Crippen LogP contribution in [0.25, 0.3) is 0 Å². The van der Waals surface area contributed by atoms with Crippen LogP contribution in [-0.4, -0.2) is 13.4 Å². The summed E-state index contributed by atoms with van der Waals surface area (Å²) >= 11 is 0. The van der Waals surface area contributed by atoms with Crippen LogP contribution in [0.2, 0.25) is 0 Å². The zero-order valence-corrected chi connectivity index (χ0v) is 8.20. The van der Waals surface area contributed by atoms with Crippen LogP contribution in [-0.2, 0) is 15.1 Å². The Morgan fingerprint density at radius 3 is 2.23 bits per heavy atom. The lowest BCUT2D eigenvalue weighted by Gasteiger charge is -2.21. The van der Waals surface area contributed by atoms with E-state index >= 15 is 0 Å². The number of aryl methyl sites for hydroxylation is 1. The van der Waals surface area contributed by atoms with Gasteiger partial charge in [0, 0.05) is 7.11 Å². The van der Waals surface area contributed by atoms with Crippen molar-refractivity contribution in [3.8, 4) is 0 Å². The molecule has 13 heavy (non-hydrogen) atoms. The first-order valence-electron chi connectivity index (χ1n) is 4.21. The van der Waals surface area contributed by atoms with Crippen LogP contribution in [0.3, 0.4) is 0 Å². The third-order valence-electron chi connectivity index (χ3n) is 2.27. The zero-order valence-electron chi connectivity index (χ0n) is 8.20. The van der Waals surface area contributed by atoms with E-state index in [1.54, 1.807) is 6.92 Å². The highest BCUT2D eigenvalue weighted by Crippen LogP contribution is 2.21. The Balaban J connectivity index is 3.06. The molecule has 0 saturated heterocycles. The molecule has 0 N–H and O–H groups in total. The van der Waals surface area contributed by atoms with Crippen molar-refractivity contribution in [2.75, 3.05) is 7.11 Å². The van der Waals surface area contributed by atoms with Crippen LogP contribution in [0.5, 0.6) is 0 Å². The van der Waals surface area contributed by atoms with E-state index in [2.05, 4.69) is 0 Å². The monoisotopic (exact) mass is 178 g/mol. The molecule has 0 aliphatic carbocycles. The lowest BCUT2D eigenvalue weighted by molar-refractivity contribution is -0.126. The molecule has 1 aromatic carbocycles. The van der Waals surface area contributed by atoms with Gasteiger partial charge in [0.25, 0.3) is 0 Å². The van der Waals surface area contributed by atoms with Gasteiger partial charge in [-0.3, -0.25) is 4.79 Å². The summed E-state index contributed by atoms with van der Waals surface area (Å²) in [6.07, 6.45) is 0.817. The van der Waals surface area contributed by atoms with Gasteiger partial charge in [0.05, 0.1) is 0 Å². The minimum absolute atomic E-state index is 0.812. The van der Waals surface area contributed by atoms with Gasteiger partial charge in [0.15, 0.2) is 6.29 Å². The molecule has 0 aromatic heterocycles. The van der Waals surface area contributed by atoms with Crippen molar-refractivity contribution in [3.05, 3.63) is 35.4 Å². The van der Waals surface area contributed by atoms with Gasteiger partial charge in [0.1, 0.15) is 5.60 Å². The number of carbonyl (C=O) groups excluding carboxylic acids is 1. The first kappa shape index (κ1) is 9.93. The summed E-state index contributed by atoms with van der Waals surface area (Å²) in [5.41, 5.74) is 1.25. The number of ether oxygens (including phenoxy) is 1. The largest absolute Gasteiger partial charge is 0.366 e. The van der Waals surface area contributed by atoms with Crippen molar-refractivity contribution in [1.29, 1.82) is 0 Å². The standard InChI is InChI=1S/C11H14O2/c1-9-4-6-10(7-5-9)11(2,8-12)13-3/h4-8H,1-3H3. The molecule has 1 unspecified atom stereocenters. The Kier molecular flexibility index (Phi) is 2.83. The molecular weight excluding hydrogens is 164 g/mol. The smallest absolute Gasteiger partial charge is 0.156 e. The second-order valence-electron chi connectivity index (χ2n) is 3.30. The summed E-state index contributed by atoms with van der Waals surface area (Å²) in [5, 5.41) is 0. The first-order valence-corrected chi connectivity index (χ1v) is 4.21. The van der Waals surface area contributed by atoms with Gasteiger partial charge in [-0.25, -0.2) is 0 Å². The summed E-state index contributed by atoms with van der Waals surface area (Å²) < 4.78 is 5.14. The van der Waals surface area contributed by atoms with E-state index in [0.717, 1.165) is 11.8 Å². The Hall–Kier alpha value is -1.15. The number of hydrogen-bond acceptors (Lipinski definition) is 2. The Labute approximate surface area is 78.5 Å². The van der Waals surface area contributed by atoms with Crippen LogP contribution in [0.4, 0.5) is 0 Å². The fourth-order valence-electron chi connectivity index (χ4n) is 1.12. The normalized spacial score (nSPS) is 15.0. The molecule has 2 nitrogen and oxygen atoms in total. The molecule has 0 aliphatic heterocycles. The third-order valence-corrected chi connectivity index (χ3v) is 2.27. The lowest BCUT2D eigenvalue weighted by Crippen LogP contribution is -2.25. The van der Waals surface area contributed by atoms with Gasteiger partial charge >= 0.3 is 0 Å². The minimum Gasteiger partial charge on any atom is -0.366 e. The molecule has 0 heterocycles. The number of rotatable bonds is 3. The molecule has 2 heteroatoms. The second-order valence-corrected chi connectivity index (χ2v) is 3.30. The van der Waals surface area contributed by atoms with E-state index in [-0.39, 0.29) is 0 Å². The van der Waals surface area contributed by atoms with Crippen molar-refractivity contribution in [3.63, 3.8) is 0 Å². The van der Waals surface area contributed by atoms with Crippen LogP contribution in [0, 0.1) is 6.92 Å². The minimum atomic E-state index is -0.812. The van der Waals surface area contributed by atoms with Crippen LogP contribution < -0.4 is 0 Å². The summed E-state index contributed by atoms with van der Waals surface area (Å²) in [6.45, 7) is 3.76. The van der Waals surface area contributed by atoms with Crippen LogP contribution in [0.15, 0.2) is 24.3 Å². The maximum atomic E-state index is 10.8. The van der Waals surface area contributed by atoms with Crippen molar-refractivity contribution in [2.24, 2.45) is 0 Å². The summed E-state index contributed by atoms with van der Waals surface area (Å²) in [5.74, 6) is 0. The highest BCUT2D eigenvalue weighted by Gasteiger charge is 2.24. The molecule has 0 amide bonds. The highest BCUT2D eigenvalue weighted by molar-refractivity contribution is 5.65. The number of methoxy groups -OCH3 is 1. The lowest BCUT2D eigenvalue weighted by atomic mass is 9.97. The van der Waals surface area contributed by atoms with Crippen molar-refractivity contribution in [2.45, 2.75) is 19.4 Å². The van der Waals surface area contributed by atoms with Gasteiger partial charge in [-0.2, -0.15) is 0 Å². The predicted molar refractivity (Wildman–Crippen MR) is 51.6 cm³/mol. The zero-order chi connectivity index (χ0) is 9.90. The maximum absolute atomic E-state index is 10.8. The van der Waals surface area contributed by atoms with Gasteiger partial charge in [0.2, 0.25) is 0 Å². The molecule has 0 fully saturated rings. The van der Waals surface area contributed by atoms with E-state index in [0.29, 0.717) is 0 Å². The summed E-state index contributed by atoms with van der Waals surface area (Å²) in [4.78, 5) is 10.8. The van der Waals surface area contributed by atoms with Crippen LogP contribution >= 0.6 is 0 Å². The van der Waals surface area contributed by atoms with Gasteiger partial charge in [-0.1, -0.05) is 29.8 Å². The molecule has 70 valence electrons. The Morgan fingerprint density at radius 2 is 1.85 bits per heavy atom. The van der Waals surface area contributed by atoms with Crippen molar-refractivity contribution >= 4 is 6.29 Å². The fourth-order valence-corrected chi connectivity index (χ4v) is 1.12. The van der Waals surface area contributed by atoms with Crippen LogP contribution in [0.1, 0.15) is 18.1 Å². The molecular formula is C11H14O2. The van der Waals surface area contributed by atoms with E-state index in [1.165, 1.54) is 12.7 Å². The second kappa shape index (κ2) is 3.71. The topological polar surface area (TPSA) is 26.3 Å². The van der Waals surface area contributed by atoms with E-state index < -0.39 is 5.60 Å². The third kappa shape index (κ3) is 1.95. The van der Waals surface area contributed by atoms with Crippen molar-refractivity contribution < 1.29 is 9.53 Å². The van der Waals surface area contributed by atoms with Crippen molar-refractivity contribution in [1.82, 2.24) is 0 Å². The van der Waals surface area contributed by atoms with E-state index in [4.69, 9.17) is 4.74 Å². The number of hydrogen-bond donors (Lipinski definition) is 0. The molecule has 0 radical (unpaired) electrons. The SMILES string of the molecule is COC(C)(C=O)c1ccc(C)cc1. The van der Waals surface area contributed by atoms with E-state index in [9.17, 15) is 4.79 Å². The summed E-state index contributed by atoms with van der Waals surface area (Å²) in [6, 6.07) is 7.76. The molecule has 0 spiro atoms. The quantitative estimate of drug-likeness (QED) is 0.662. The number of benzene rings is 1. The number of carbonyl (C=O) groups is 1. The molecule has 0 aliphatic rings. The molecule has 1 atom stereocenters. The molecule has 0 saturated carbocycles. The Bertz CT molecular complexity index is 289. The summed E-state index contributed by atoms with van der Waals surface area (Å²) in [7, 11) is 1.54. The van der Waals surface area contributed by atoms with E-state index in [1.807, 2.05) is 31.2 Å². The maximum Gasteiger partial charge on any atom is 0.156 e. The Morgan fingerprint density at radius 1 is 1.31 bits per heavy atom. The first-order chi connectivity index (χ1) is 6.12. The molecule has 0 bridgehead atoms. The average molecular weight is 178 g/mol. The molecule has 1 aromatic rings. The predicted octanol–water partition coefficient (Wildman–Crippen LogP) is 2.06. The van der Waals surface area contributed by atoms with Gasteiger partial charge in [-0.15, -0.1) is 0 Å². The average Bonchev–Trinajstić information content (AvgIpc) is 2.18. The van der Waals surface area contributed by atoms with Gasteiger partial charge in [-0.05, 0) is 19.4 Å². The fraction of sp³-hybridized carbons (Fsp3) is 0.364. The van der Waals surface area contributed by atoms with Gasteiger partial charge < -0.3 is 4.74 Å².